The molecule has 0 rings (SSSR count). The summed E-state index contributed by atoms with van der Waals surface area (Å²) < 4.78 is 0. The first-order valence-electron chi connectivity index (χ1n) is 10.6. The zero-order valence-corrected chi connectivity index (χ0v) is 21.4. The van der Waals surface area contributed by atoms with Crippen LogP contribution in [0.2, 0.25) is 0 Å². The van der Waals surface area contributed by atoms with Crippen LogP contribution in [0.25, 0.3) is 0 Å². The van der Waals surface area contributed by atoms with Gasteiger partial charge in [-0.15, -0.1) is 0 Å². The molecule has 0 atom stereocenters. The quantitative estimate of drug-likeness (QED) is 0.352. The van der Waals surface area contributed by atoms with Gasteiger partial charge in [0.1, 0.15) is 0 Å². The third kappa shape index (κ3) is 32.6. The molecule has 7 heteroatoms. The molecule has 0 aromatic carbocycles. The molecule has 0 spiro atoms. The molecule has 7 nitrogen and oxygen atoms in total. The molecule has 0 aromatic heterocycles. The molecule has 0 fully saturated rings. The van der Waals surface area contributed by atoms with Crippen molar-refractivity contribution in [3.63, 3.8) is 0 Å². The fraction of sp³-hybridized carbons (Fsp3) is 1.00. The maximum Gasteiger partial charge on any atom is 0.0789 e. The SMILES string of the molecule is CC(C)(C)NCC(O)CNC(C)(C)C.CC(C)(C)NCC(O)CNC(C)(C)C.O. The Hall–Kier alpha value is -0.280. The molecule has 0 amide bonds. The number of aliphatic hydroxyl groups excluding tert-OH is 2. The molecule has 0 aliphatic rings. The fourth-order valence-corrected chi connectivity index (χ4v) is 1.84. The number of aliphatic hydroxyl groups is 2. The lowest BCUT2D eigenvalue weighted by Crippen LogP contribution is -2.47. The van der Waals surface area contributed by atoms with E-state index >= 15 is 0 Å². The first kappa shape index (κ1) is 33.4. The van der Waals surface area contributed by atoms with E-state index in [0.717, 1.165) is 0 Å². The van der Waals surface area contributed by atoms with Crippen molar-refractivity contribution in [1.29, 1.82) is 0 Å². The molecule has 0 radical (unpaired) electrons. The molecule has 0 aliphatic carbocycles. The zero-order valence-electron chi connectivity index (χ0n) is 21.4. The highest BCUT2D eigenvalue weighted by Gasteiger charge is 2.16. The number of hydrogen-bond acceptors (Lipinski definition) is 6. The van der Waals surface area contributed by atoms with Gasteiger partial charge in [0, 0.05) is 48.3 Å². The molecule has 0 aromatic rings. The number of nitrogens with one attached hydrogen (secondary N) is 4. The van der Waals surface area contributed by atoms with E-state index in [1.165, 1.54) is 0 Å². The monoisotopic (exact) mass is 422 g/mol. The summed E-state index contributed by atoms with van der Waals surface area (Å²) in [5.41, 5.74) is 0.289. The maximum absolute atomic E-state index is 9.65. The van der Waals surface area contributed by atoms with E-state index in [4.69, 9.17) is 0 Å². The van der Waals surface area contributed by atoms with E-state index < -0.39 is 0 Å². The lowest BCUT2D eigenvalue weighted by Gasteiger charge is -2.26. The summed E-state index contributed by atoms with van der Waals surface area (Å²) in [5, 5.41) is 32.4. The molecule has 0 saturated carbocycles. The minimum absolute atomic E-state index is 0. The molecular weight excluding hydrogens is 368 g/mol. The highest BCUT2D eigenvalue weighted by atomic mass is 16.3. The van der Waals surface area contributed by atoms with Crippen LogP contribution in [-0.2, 0) is 0 Å². The van der Waals surface area contributed by atoms with Crippen molar-refractivity contribution in [3.8, 4) is 0 Å². The Balaban J connectivity index is -0.000000451. The van der Waals surface area contributed by atoms with Crippen LogP contribution in [0.1, 0.15) is 83.1 Å². The van der Waals surface area contributed by atoms with E-state index in [2.05, 4.69) is 104 Å². The van der Waals surface area contributed by atoms with E-state index in [9.17, 15) is 10.2 Å². The van der Waals surface area contributed by atoms with Gasteiger partial charge in [-0.25, -0.2) is 0 Å². The second-order valence-electron chi connectivity index (χ2n) is 11.8. The van der Waals surface area contributed by atoms with Gasteiger partial charge in [-0.05, 0) is 83.1 Å². The third-order valence-electron chi connectivity index (χ3n) is 3.47. The topological polar surface area (TPSA) is 120 Å². The Kier molecular flexibility index (Phi) is 16.0. The predicted octanol–water partition coefficient (Wildman–Crippen LogP) is 1.42. The van der Waals surface area contributed by atoms with E-state index in [-0.39, 0.29) is 39.8 Å². The van der Waals surface area contributed by atoms with Gasteiger partial charge in [-0.3, -0.25) is 0 Å². The second kappa shape index (κ2) is 13.9. The van der Waals surface area contributed by atoms with Crippen LogP contribution in [-0.4, -0.2) is 76.2 Å². The molecule has 180 valence electrons. The molecule has 0 heterocycles. The molecule has 0 aliphatic heterocycles. The highest BCUT2D eigenvalue weighted by molar-refractivity contribution is 4.78. The highest BCUT2D eigenvalue weighted by Crippen LogP contribution is 2.01. The van der Waals surface area contributed by atoms with Crippen molar-refractivity contribution in [2.75, 3.05) is 26.2 Å². The van der Waals surface area contributed by atoms with Crippen molar-refractivity contribution in [2.45, 2.75) is 117 Å². The van der Waals surface area contributed by atoms with Crippen LogP contribution in [0.15, 0.2) is 0 Å². The van der Waals surface area contributed by atoms with Gasteiger partial charge in [0.2, 0.25) is 0 Å². The second-order valence-corrected chi connectivity index (χ2v) is 11.8. The zero-order chi connectivity index (χ0) is 22.8. The van der Waals surface area contributed by atoms with Gasteiger partial charge in [0.15, 0.2) is 0 Å². The van der Waals surface area contributed by atoms with Crippen LogP contribution in [0, 0.1) is 0 Å². The summed E-state index contributed by atoms with van der Waals surface area (Å²) in [7, 11) is 0. The van der Waals surface area contributed by atoms with Crippen LogP contribution in [0.3, 0.4) is 0 Å². The molecular formula is C22H54N4O3. The molecule has 29 heavy (non-hydrogen) atoms. The Morgan fingerprint density at radius 2 is 0.586 bits per heavy atom. The first-order valence-corrected chi connectivity index (χ1v) is 10.6. The van der Waals surface area contributed by atoms with Crippen LogP contribution >= 0.6 is 0 Å². The normalized spacial score (nSPS) is 13.2. The molecule has 0 bridgehead atoms. The molecule has 0 unspecified atom stereocenters. The van der Waals surface area contributed by atoms with Crippen LogP contribution < -0.4 is 21.3 Å². The van der Waals surface area contributed by atoms with Gasteiger partial charge in [0.25, 0.3) is 0 Å². The smallest absolute Gasteiger partial charge is 0.0789 e. The number of hydrogen-bond donors (Lipinski definition) is 6. The summed E-state index contributed by atoms with van der Waals surface area (Å²) in [4.78, 5) is 0. The third-order valence-corrected chi connectivity index (χ3v) is 3.47. The summed E-state index contributed by atoms with van der Waals surface area (Å²) in [5.74, 6) is 0. The largest absolute Gasteiger partial charge is 0.412 e. The van der Waals surface area contributed by atoms with Gasteiger partial charge in [-0.2, -0.15) is 0 Å². The number of β-amino-alcohol motifs (C(OH)–C–C–N with tert-alkyl or cyclic N) is 2. The lowest BCUT2D eigenvalue weighted by molar-refractivity contribution is 0.149. The Bertz CT molecular complexity index is 317. The summed E-state index contributed by atoms with van der Waals surface area (Å²) >= 11 is 0. The minimum Gasteiger partial charge on any atom is -0.412 e. The summed E-state index contributed by atoms with van der Waals surface area (Å²) in [6.07, 6.45) is -0.651. The van der Waals surface area contributed by atoms with Gasteiger partial charge in [-0.1, -0.05) is 0 Å². The van der Waals surface area contributed by atoms with Gasteiger partial charge in [0.05, 0.1) is 12.2 Å². The Morgan fingerprint density at radius 3 is 0.690 bits per heavy atom. The van der Waals surface area contributed by atoms with Gasteiger partial charge < -0.3 is 37.0 Å². The van der Waals surface area contributed by atoms with Crippen molar-refractivity contribution in [1.82, 2.24) is 21.3 Å². The average Bonchev–Trinajstić information content (AvgIpc) is 2.44. The Morgan fingerprint density at radius 1 is 0.448 bits per heavy atom. The maximum atomic E-state index is 9.65. The minimum atomic E-state index is -0.326. The van der Waals surface area contributed by atoms with E-state index in [1.807, 2.05) is 0 Å². The first-order chi connectivity index (χ1) is 12.2. The van der Waals surface area contributed by atoms with Crippen LogP contribution in [0.4, 0.5) is 0 Å². The van der Waals surface area contributed by atoms with Crippen molar-refractivity contribution in [3.05, 3.63) is 0 Å². The van der Waals surface area contributed by atoms with Crippen molar-refractivity contribution < 1.29 is 15.7 Å². The number of rotatable bonds is 8. The van der Waals surface area contributed by atoms with E-state index in [1.54, 1.807) is 0 Å². The van der Waals surface area contributed by atoms with E-state index in [0.29, 0.717) is 26.2 Å². The van der Waals surface area contributed by atoms with Crippen molar-refractivity contribution in [2.24, 2.45) is 0 Å². The van der Waals surface area contributed by atoms with Crippen LogP contribution in [0.5, 0.6) is 0 Å². The fourth-order valence-electron chi connectivity index (χ4n) is 1.84. The average molecular weight is 423 g/mol. The molecule has 0 saturated heterocycles. The van der Waals surface area contributed by atoms with Crippen molar-refractivity contribution >= 4 is 0 Å². The predicted molar refractivity (Wildman–Crippen MR) is 127 cm³/mol. The standard InChI is InChI=1S/2C11H26N2O.H2O/c2*1-10(2,3)12-7-9(14)8-13-11(4,5)6;/h2*9,12-14H,7-8H2,1-6H3;1H2. The summed E-state index contributed by atoms with van der Waals surface area (Å²) in [6, 6.07) is 0. The lowest BCUT2D eigenvalue weighted by atomic mass is 10.1. The summed E-state index contributed by atoms with van der Waals surface area (Å²) in [6.45, 7) is 27.7. The van der Waals surface area contributed by atoms with Gasteiger partial charge >= 0.3 is 0 Å². The Labute approximate surface area is 181 Å². The molecule has 8 N–H and O–H groups in total.